The first-order chi connectivity index (χ1) is 16.8. The van der Waals surface area contributed by atoms with Gasteiger partial charge in [-0.2, -0.15) is 0 Å². The van der Waals surface area contributed by atoms with Crippen molar-refractivity contribution >= 4 is 43.4 Å². The van der Waals surface area contributed by atoms with E-state index in [1.54, 1.807) is 0 Å². The molecule has 0 fully saturated rings. The van der Waals surface area contributed by atoms with E-state index in [1.807, 2.05) is 6.07 Å². The molecule has 0 aliphatic carbocycles. The Hall–Kier alpha value is -4.43. The second-order valence-electron chi connectivity index (χ2n) is 8.92. The van der Waals surface area contributed by atoms with Gasteiger partial charge in [0, 0.05) is 12.6 Å². The molecule has 0 amide bonds. The van der Waals surface area contributed by atoms with E-state index in [0.717, 1.165) is 22.4 Å². The molecule has 0 N–H and O–H groups in total. The van der Waals surface area contributed by atoms with E-state index < -0.39 is 0 Å². The summed E-state index contributed by atoms with van der Waals surface area (Å²) in [6.07, 6.45) is 0. The number of hydrogen-bond acceptors (Lipinski definition) is 1. The lowest BCUT2D eigenvalue weighted by Gasteiger charge is -2.12. The highest BCUT2D eigenvalue weighted by molar-refractivity contribution is 6.25. The van der Waals surface area contributed by atoms with E-state index in [4.69, 9.17) is 4.98 Å². The lowest BCUT2D eigenvalue weighted by atomic mass is 9.92. The van der Waals surface area contributed by atoms with E-state index in [1.165, 1.54) is 43.4 Å². The predicted octanol–water partition coefficient (Wildman–Crippen LogP) is 8.37. The number of aromatic nitrogens is 2. The average Bonchev–Trinajstić information content (AvgIpc) is 3.24. The van der Waals surface area contributed by atoms with Crippen molar-refractivity contribution in [3.05, 3.63) is 115 Å². The van der Waals surface area contributed by atoms with Crippen LogP contribution < -0.4 is 0 Å². The molecule has 7 rings (SSSR count). The summed E-state index contributed by atoms with van der Waals surface area (Å²) in [7, 11) is 2.09. The normalized spacial score (nSPS) is 11.7. The Morgan fingerprint density at radius 2 is 1.00 bits per heavy atom. The zero-order valence-electron chi connectivity index (χ0n) is 18.9. The van der Waals surface area contributed by atoms with E-state index >= 15 is 0 Å². The maximum absolute atomic E-state index is 4.98. The Bertz CT molecular complexity index is 1820. The van der Waals surface area contributed by atoms with Crippen LogP contribution in [-0.4, -0.2) is 9.55 Å². The molecule has 1 aromatic heterocycles. The minimum absolute atomic E-state index is 0.990. The monoisotopic (exact) mass is 434 g/mol. The largest absolute Gasteiger partial charge is 0.327 e. The summed E-state index contributed by atoms with van der Waals surface area (Å²) in [6.45, 7) is 0. The van der Waals surface area contributed by atoms with E-state index in [-0.39, 0.29) is 0 Å². The van der Waals surface area contributed by atoms with Gasteiger partial charge in [-0.25, -0.2) is 4.98 Å². The average molecular weight is 435 g/mol. The van der Waals surface area contributed by atoms with Crippen LogP contribution >= 0.6 is 0 Å². The molecule has 0 radical (unpaired) electrons. The van der Waals surface area contributed by atoms with Crippen LogP contribution in [0.2, 0.25) is 0 Å². The second-order valence-corrected chi connectivity index (χ2v) is 8.92. The topological polar surface area (TPSA) is 17.8 Å². The molecule has 0 saturated carbocycles. The molecule has 2 heteroatoms. The van der Waals surface area contributed by atoms with Crippen molar-refractivity contribution in [1.82, 2.24) is 9.55 Å². The van der Waals surface area contributed by atoms with Gasteiger partial charge in [0.2, 0.25) is 0 Å². The summed E-state index contributed by atoms with van der Waals surface area (Å²) in [4.78, 5) is 4.98. The van der Waals surface area contributed by atoms with Crippen molar-refractivity contribution in [3.63, 3.8) is 0 Å². The van der Waals surface area contributed by atoms with Crippen LogP contribution in [0.1, 0.15) is 0 Å². The second kappa shape index (κ2) is 7.29. The molecule has 0 unspecified atom stereocenters. The number of nitrogens with zero attached hydrogens (tertiary/aromatic N) is 2. The summed E-state index contributed by atoms with van der Waals surface area (Å²) in [5.74, 6) is 0.990. The van der Waals surface area contributed by atoms with Gasteiger partial charge >= 0.3 is 0 Å². The fourth-order valence-corrected chi connectivity index (χ4v) is 5.31. The van der Waals surface area contributed by atoms with Crippen LogP contribution in [0.4, 0.5) is 0 Å². The van der Waals surface area contributed by atoms with Gasteiger partial charge in [-0.05, 0) is 61.6 Å². The maximum Gasteiger partial charge on any atom is 0.140 e. The minimum atomic E-state index is 0.990. The van der Waals surface area contributed by atoms with Gasteiger partial charge in [0.05, 0.1) is 11.0 Å². The quantitative estimate of drug-likeness (QED) is 0.250. The molecule has 34 heavy (non-hydrogen) atoms. The Morgan fingerprint density at radius 3 is 1.68 bits per heavy atom. The van der Waals surface area contributed by atoms with Crippen LogP contribution in [0.3, 0.4) is 0 Å². The number of aryl methyl sites for hydroxylation is 1. The van der Waals surface area contributed by atoms with E-state index in [9.17, 15) is 0 Å². The van der Waals surface area contributed by atoms with Gasteiger partial charge in [0.1, 0.15) is 5.82 Å². The fraction of sp³-hybridized carbons (Fsp3) is 0.0312. The summed E-state index contributed by atoms with van der Waals surface area (Å²) >= 11 is 0. The van der Waals surface area contributed by atoms with Crippen molar-refractivity contribution < 1.29 is 0 Å². The third-order valence-corrected chi connectivity index (χ3v) is 6.99. The molecule has 160 valence electrons. The van der Waals surface area contributed by atoms with E-state index in [0.29, 0.717) is 0 Å². The minimum Gasteiger partial charge on any atom is -0.327 e. The molecule has 7 aromatic rings. The third kappa shape index (κ3) is 2.79. The molecular formula is C32H22N2. The van der Waals surface area contributed by atoms with Crippen molar-refractivity contribution in [1.29, 1.82) is 0 Å². The van der Waals surface area contributed by atoms with Gasteiger partial charge in [0.25, 0.3) is 0 Å². The SMILES string of the molecule is Cn1c(-c2ccccc2)nc2cc(-c3ccc4c5ccccc5c5ccccc5c4c3)ccc21. The molecule has 0 atom stereocenters. The fourth-order valence-electron chi connectivity index (χ4n) is 5.31. The molecule has 2 nitrogen and oxygen atoms in total. The molecule has 0 spiro atoms. The lowest BCUT2D eigenvalue weighted by molar-refractivity contribution is 0.959. The van der Waals surface area contributed by atoms with Gasteiger partial charge in [-0.3, -0.25) is 0 Å². The number of rotatable bonds is 2. The molecule has 6 aromatic carbocycles. The van der Waals surface area contributed by atoms with Crippen molar-refractivity contribution in [2.75, 3.05) is 0 Å². The molecule has 0 saturated heterocycles. The Labute approximate surface area is 197 Å². The molecule has 0 aliphatic rings. The lowest BCUT2D eigenvalue weighted by Crippen LogP contribution is -1.91. The number of fused-ring (bicyclic) bond motifs is 7. The van der Waals surface area contributed by atoms with E-state index in [2.05, 4.69) is 121 Å². The standard InChI is InChI=1S/C32H22N2/c1-34-31-18-16-23(20-30(31)33-32(34)21-9-3-2-4-10-21)22-15-17-28-26-13-6-5-11-24(26)25-12-7-8-14-27(25)29(28)19-22/h2-20H,1H3. The van der Waals surface area contributed by atoms with Crippen LogP contribution in [0.25, 0.3) is 65.9 Å². The summed E-state index contributed by atoms with van der Waals surface area (Å²) in [5, 5.41) is 7.79. The number of benzene rings is 6. The van der Waals surface area contributed by atoms with Gasteiger partial charge < -0.3 is 4.57 Å². The summed E-state index contributed by atoms with van der Waals surface area (Å²) in [5.41, 5.74) is 5.68. The highest BCUT2D eigenvalue weighted by Gasteiger charge is 2.12. The van der Waals surface area contributed by atoms with Gasteiger partial charge in [0.15, 0.2) is 0 Å². The van der Waals surface area contributed by atoms with Crippen molar-refractivity contribution in [2.45, 2.75) is 0 Å². The van der Waals surface area contributed by atoms with Crippen molar-refractivity contribution in [2.24, 2.45) is 7.05 Å². The van der Waals surface area contributed by atoms with Crippen LogP contribution in [0, 0.1) is 0 Å². The summed E-state index contributed by atoms with van der Waals surface area (Å²) in [6, 6.07) is 41.3. The Balaban J connectivity index is 1.45. The summed E-state index contributed by atoms with van der Waals surface area (Å²) < 4.78 is 2.18. The first kappa shape index (κ1) is 19.1. The zero-order chi connectivity index (χ0) is 22.6. The first-order valence-corrected chi connectivity index (χ1v) is 11.6. The van der Waals surface area contributed by atoms with Crippen molar-refractivity contribution in [3.8, 4) is 22.5 Å². The van der Waals surface area contributed by atoms with Gasteiger partial charge in [-0.15, -0.1) is 0 Å². The molecule has 0 bridgehead atoms. The third-order valence-electron chi connectivity index (χ3n) is 6.99. The highest BCUT2D eigenvalue weighted by atomic mass is 15.1. The Morgan fingerprint density at radius 1 is 0.471 bits per heavy atom. The van der Waals surface area contributed by atoms with Crippen LogP contribution in [-0.2, 0) is 7.05 Å². The first-order valence-electron chi connectivity index (χ1n) is 11.6. The van der Waals surface area contributed by atoms with Gasteiger partial charge in [-0.1, -0.05) is 97.1 Å². The molecule has 0 aliphatic heterocycles. The molecular weight excluding hydrogens is 412 g/mol. The zero-order valence-corrected chi connectivity index (χ0v) is 18.9. The Kier molecular flexibility index (Phi) is 4.09. The van der Waals surface area contributed by atoms with Crippen LogP contribution in [0.5, 0.6) is 0 Å². The molecule has 1 heterocycles. The smallest absolute Gasteiger partial charge is 0.140 e. The van der Waals surface area contributed by atoms with Crippen LogP contribution in [0.15, 0.2) is 115 Å². The number of hydrogen-bond donors (Lipinski definition) is 0. The highest BCUT2D eigenvalue weighted by Crippen LogP contribution is 2.37. The maximum atomic E-state index is 4.98. The predicted molar refractivity (Wildman–Crippen MR) is 144 cm³/mol. The number of imidazole rings is 1.